The summed E-state index contributed by atoms with van der Waals surface area (Å²) in [5.74, 6) is 0. The second-order valence-corrected chi connectivity index (χ2v) is 3.04. The summed E-state index contributed by atoms with van der Waals surface area (Å²) in [7, 11) is 0. The molecule has 0 spiro atoms. The fourth-order valence-corrected chi connectivity index (χ4v) is 1.05. The zero-order valence-corrected chi connectivity index (χ0v) is 7.55. The van der Waals surface area contributed by atoms with Gasteiger partial charge in [0.2, 0.25) is 0 Å². The molecule has 0 bridgehead atoms. The van der Waals surface area contributed by atoms with Gasteiger partial charge in [0.05, 0.1) is 4.92 Å². The highest BCUT2D eigenvalue weighted by Crippen LogP contribution is 2.20. The van der Waals surface area contributed by atoms with Gasteiger partial charge >= 0.3 is 10.8 Å². The summed E-state index contributed by atoms with van der Waals surface area (Å²) in [6, 6.07) is 1.33. The number of hydrogen-bond donors (Lipinski definition) is 0. The van der Waals surface area contributed by atoms with E-state index in [1.807, 2.05) is 0 Å². The Morgan fingerprint density at radius 3 is 2.82 bits per heavy atom. The minimum Gasteiger partial charge on any atom is -0.258 e. The highest BCUT2D eigenvalue weighted by molar-refractivity contribution is 9.10. The van der Waals surface area contributed by atoms with Gasteiger partial charge in [-0.25, -0.2) is 0 Å². The van der Waals surface area contributed by atoms with Crippen LogP contribution in [0.1, 0.15) is 0 Å². The SMILES string of the molecule is O=[N+]([O-])c1cc(Br)cnc1[ClH+]. The minimum absolute atomic E-state index is 0.0122. The zero-order chi connectivity index (χ0) is 8.43. The van der Waals surface area contributed by atoms with Gasteiger partial charge < -0.3 is 0 Å². The smallest absolute Gasteiger partial charge is 0.258 e. The Balaban J connectivity index is 3.23. The van der Waals surface area contributed by atoms with E-state index in [2.05, 4.69) is 32.5 Å². The summed E-state index contributed by atoms with van der Waals surface area (Å²) in [6.45, 7) is 0. The third-order valence-electron chi connectivity index (χ3n) is 0.996. The van der Waals surface area contributed by atoms with Gasteiger partial charge in [-0.3, -0.25) is 10.1 Å². The van der Waals surface area contributed by atoms with E-state index in [1.165, 1.54) is 12.3 Å². The van der Waals surface area contributed by atoms with Crippen molar-refractivity contribution in [3.8, 4) is 0 Å². The molecule has 6 heteroatoms. The van der Waals surface area contributed by atoms with Crippen molar-refractivity contribution in [1.29, 1.82) is 0 Å². The summed E-state index contributed by atoms with van der Waals surface area (Å²) < 4.78 is 0.554. The van der Waals surface area contributed by atoms with Gasteiger partial charge in [-0.2, -0.15) is 4.98 Å². The van der Waals surface area contributed by atoms with Crippen molar-refractivity contribution in [3.05, 3.63) is 32.0 Å². The molecular weight excluding hydrogens is 235 g/mol. The largest absolute Gasteiger partial charge is 0.395 e. The highest BCUT2D eigenvalue weighted by atomic mass is 79.9. The molecule has 0 N–H and O–H groups in total. The van der Waals surface area contributed by atoms with Crippen molar-refractivity contribution in [2.45, 2.75) is 0 Å². The molecule has 1 rings (SSSR count). The van der Waals surface area contributed by atoms with Crippen LogP contribution in [0.4, 0.5) is 5.69 Å². The van der Waals surface area contributed by atoms with Crippen LogP contribution in [-0.4, -0.2) is 9.91 Å². The summed E-state index contributed by atoms with van der Waals surface area (Å²) in [5.41, 5.74) is -0.144. The topological polar surface area (TPSA) is 56.0 Å². The second-order valence-electron chi connectivity index (χ2n) is 1.73. The van der Waals surface area contributed by atoms with Crippen LogP contribution in [0, 0.1) is 21.7 Å². The van der Waals surface area contributed by atoms with Crippen LogP contribution >= 0.6 is 15.9 Å². The molecule has 0 unspecified atom stereocenters. The lowest BCUT2D eigenvalue weighted by molar-refractivity contribution is -0.405. The number of rotatable bonds is 1. The van der Waals surface area contributed by atoms with E-state index in [4.69, 9.17) is 0 Å². The average Bonchev–Trinajstić information content (AvgIpc) is 1.94. The molecule has 0 aliphatic rings. The Morgan fingerprint density at radius 2 is 2.36 bits per heavy atom. The molecule has 0 atom stereocenters. The Morgan fingerprint density at radius 1 is 1.73 bits per heavy atom. The molecule has 0 saturated heterocycles. The Hall–Kier alpha value is -0.680. The van der Waals surface area contributed by atoms with Gasteiger partial charge in [0.15, 0.2) is 11.6 Å². The molecule has 11 heavy (non-hydrogen) atoms. The fourth-order valence-electron chi connectivity index (χ4n) is 0.547. The lowest BCUT2D eigenvalue weighted by atomic mass is 10.4. The number of nitro groups is 1. The third kappa shape index (κ3) is 1.87. The first kappa shape index (κ1) is 8.42. The molecule has 0 aliphatic heterocycles. The Labute approximate surface area is 75.5 Å². The first-order valence-corrected chi connectivity index (χ1v) is 3.78. The van der Waals surface area contributed by atoms with E-state index in [0.29, 0.717) is 4.47 Å². The molecule has 4 nitrogen and oxygen atoms in total. The van der Waals surface area contributed by atoms with E-state index in [0.717, 1.165) is 0 Å². The molecule has 1 aromatic heterocycles. The van der Waals surface area contributed by atoms with E-state index < -0.39 is 4.92 Å². The number of aromatic nitrogens is 1. The summed E-state index contributed by atoms with van der Waals surface area (Å²) in [4.78, 5) is 13.3. The van der Waals surface area contributed by atoms with Gasteiger partial charge in [-0.1, -0.05) is 0 Å². The van der Waals surface area contributed by atoms with Crippen LogP contribution in [0.3, 0.4) is 0 Å². The highest BCUT2D eigenvalue weighted by Gasteiger charge is 2.19. The van der Waals surface area contributed by atoms with Crippen LogP contribution < -0.4 is 0 Å². The Bertz CT molecular complexity index is 305. The molecule has 0 aromatic carbocycles. The number of halogens is 2. The van der Waals surface area contributed by atoms with E-state index in [-0.39, 0.29) is 10.8 Å². The molecular formula is C5H3BrClN2O2+. The van der Waals surface area contributed by atoms with Gasteiger partial charge in [0.25, 0.3) is 0 Å². The Kier molecular flexibility index (Phi) is 2.41. The summed E-state index contributed by atoms with van der Waals surface area (Å²) in [6.07, 6.45) is 1.43. The fraction of sp³-hybridized carbons (Fsp3) is 0. The predicted octanol–water partition coefficient (Wildman–Crippen LogP) is 1.45. The first-order chi connectivity index (χ1) is 5.11. The quantitative estimate of drug-likeness (QED) is 0.423. The third-order valence-corrected chi connectivity index (χ3v) is 1.74. The van der Waals surface area contributed by atoms with Gasteiger partial charge in [0, 0.05) is 16.7 Å². The van der Waals surface area contributed by atoms with Gasteiger partial charge in [-0.15, -0.1) is 0 Å². The van der Waals surface area contributed by atoms with Crippen molar-refractivity contribution >= 4 is 21.6 Å². The second kappa shape index (κ2) is 3.15. The van der Waals surface area contributed by atoms with Gasteiger partial charge in [-0.05, 0) is 15.9 Å². The maximum atomic E-state index is 10.3. The van der Waals surface area contributed by atoms with Crippen LogP contribution in [0.5, 0.6) is 0 Å². The summed E-state index contributed by atoms with van der Waals surface area (Å²) >= 11 is 7.67. The molecule has 0 aliphatic carbocycles. The molecule has 0 radical (unpaired) electrons. The van der Waals surface area contributed by atoms with E-state index in [1.54, 1.807) is 0 Å². The molecule has 0 amide bonds. The summed E-state index contributed by atoms with van der Waals surface area (Å²) in [5, 5.41) is 10.3. The predicted molar refractivity (Wildman–Crippen MR) is 39.1 cm³/mol. The van der Waals surface area contributed by atoms with Crippen molar-refractivity contribution < 1.29 is 16.5 Å². The van der Waals surface area contributed by atoms with Crippen molar-refractivity contribution in [2.24, 2.45) is 0 Å². The monoisotopic (exact) mass is 237 g/mol. The van der Waals surface area contributed by atoms with Crippen LogP contribution in [0.2, 0.25) is 5.15 Å². The molecule has 58 valence electrons. The normalized spacial score (nSPS) is 9.64. The van der Waals surface area contributed by atoms with E-state index >= 15 is 0 Å². The first-order valence-electron chi connectivity index (χ1n) is 2.58. The van der Waals surface area contributed by atoms with Crippen molar-refractivity contribution in [1.82, 2.24) is 4.98 Å². The lowest BCUT2D eigenvalue weighted by Gasteiger charge is -1.88. The van der Waals surface area contributed by atoms with Crippen LogP contribution in [0.15, 0.2) is 16.7 Å². The van der Waals surface area contributed by atoms with Gasteiger partial charge in [0.1, 0.15) is 0 Å². The number of hydrogen-bond acceptors (Lipinski definition) is 3. The molecule has 0 saturated carbocycles. The standard InChI is InChI=1S/C5H3BrClN2O2/c6-3-1-4(9(10)11)5(7)8-2-3/h1-2,7H/q+1. The zero-order valence-electron chi connectivity index (χ0n) is 5.15. The van der Waals surface area contributed by atoms with E-state index in [9.17, 15) is 10.1 Å². The number of nitrogens with zero attached hydrogens (tertiary/aromatic N) is 2. The minimum atomic E-state index is -0.555. The van der Waals surface area contributed by atoms with Crippen LogP contribution in [0.25, 0.3) is 0 Å². The van der Waals surface area contributed by atoms with Crippen LogP contribution in [-0.2, 0) is 0 Å². The average molecular weight is 238 g/mol. The lowest BCUT2D eigenvalue weighted by Crippen LogP contribution is -1.92. The van der Waals surface area contributed by atoms with Crippen molar-refractivity contribution in [2.75, 3.05) is 0 Å². The molecule has 1 heterocycles. The molecule has 1 aromatic rings. The maximum Gasteiger partial charge on any atom is 0.395 e. The van der Waals surface area contributed by atoms with Crippen molar-refractivity contribution in [3.63, 3.8) is 0 Å². The molecule has 0 fully saturated rings. The number of pyridine rings is 1. The maximum absolute atomic E-state index is 10.3.